The second kappa shape index (κ2) is 7.17. The highest BCUT2D eigenvalue weighted by molar-refractivity contribution is 7.09. The first-order chi connectivity index (χ1) is 11.8. The zero-order chi connectivity index (χ0) is 16.4. The van der Waals surface area contributed by atoms with Crippen molar-refractivity contribution in [2.45, 2.75) is 38.5 Å². The molecule has 2 aromatic heterocycles. The molecule has 5 nitrogen and oxygen atoms in total. The van der Waals surface area contributed by atoms with E-state index in [2.05, 4.69) is 38.6 Å². The van der Waals surface area contributed by atoms with Gasteiger partial charge in [0.25, 0.3) is 0 Å². The minimum atomic E-state index is 0.336. The van der Waals surface area contributed by atoms with Gasteiger partial charge in [-0.1, -0.05) is 0 Å². The Bertz CT molecular complexity index is 662. The Hall–Kier alpha value is -1.50. The Balaban J connectivity index is 1.37. The van der Waals surface area contributed by atoms with Gasteiger partial charge in [0.15, 0.2) is 0 Å². The first-order valence-corrected chi connectivity index (χ1v) is 9.58. The van der Waals surface area contributed by atoms with Crippen LogP contribution in [0.1, 0.15) is 23.5 Å². The van der Waals surface area contributed by atoms with Gasteiger partial charge in [-0.05, 0) is 31.9 Å². The van der Waals surface area contributed by atoms with E-state index in [1.165, 1.54) is 18.5 Å². The molecule has 2 aliphatic rings. The number of ether oxygens (including phenoxy) is 1. The Labute approximate surface area is 147 Å². The van der Waals surface area contributed by atoms with Crippen molar-refractivity contribution >= 4 is 17.0 Å². The topological polar surface area (TPSA) is 50.3 Å². The largest absolute Gasteiger partial charge is 0.383 e. The van der Waals surface area contributed by atoms with E-state index < -0.39 is 0 Å². The second-order valence-corrected chi connectivity index (χ2v) is 7.75. The molecule has 3 atom stereocenters. The summed E-state index contributed by atoms with van der Waals surface area (Å²) in [5.41, 5.74) is 2.29. The SMILES string of the molecule is Cc1nc(CN2CCO[C@@H]3[C@H](CNc4cccnc4)CC[C@@H]32)cs1. The summed E-state index contributed by atoms with van der Waals surface area (Å²) in [6.45, 7) is 5.83. The van der Waals surface area contributed by atoms with Crippen LogP contribution in [0.15, 0.2) is 29.9 Å². The van der Waals surface area contributed by atoms with E-state index in [-0.39, 0.29) is 0 Å². The molecule has 0 unspecified atom stereocenters. The molecule has 3 heterocycles. The van der Waals surface area contributed by atoms with E-state index in [1.54, 1.807) is 17.5 Å². The molecule has 4 rings (SSSR count). The number of anilines is 1. The first-order valence-electron chi connectivity index (χ1n) is 8.70. The number of nitrogens with zero attached hydrogens (tertiary/aromatic N) is 3. The van der Waals surface area contributed by atoms with Crippen molar-refractivity contribution in [1.29, 1.82) is 0 Å². The Morgan fingerprint density at radius 1 is 1.42 bits per heavy atom. The molecular weight excluding hydrogens is 320 g/mol. The number of aromatic nitrogens is 2. The number of rotatable bonds is 5. The van der Waals surface area contributed by atoms with Crippen molar-refractivity contribution in [1.82, 2.24) is 14.9 Å². The highest BCUT2D eigenvalue weighted by Crippen LogP contribution is 2.35. The number of hydrogen-bond acceptors (Lipinski definition) is 6. The van der Waals surface area contributed by atoms with Crippen LogP contribution in [0.5, 0.6) is 0 Å². The van der Waals surface area contributed by atoms with Gasteiger partial charge in [-0.25, -0.2) is 4.98 Å². The maximum absolute atomic E-state index is 6.16. The van der Waals surface area contributed by atoms with E-state index >= 15 is 0 Å². The number of nitrogens with one attached hydrogen (secondary N) is 1. The van der Waals surface area contributed by atoms with Gasteiger partial charge in [-0.2, -0.15) is 0 Å². The monoisotopic (exact) mass is 344 g/mol. The van der Waals surface area contributed by atoms with Gasteiger partial charge in [-0.15, -0.1) is 11.3 Å². The van der Waals surface area contributed by atoms with E-state index in [1.807, 2.05) is 12.3 Å². The molecule has 2 fully saturated rings. The standard InChI is InChI=1S/C18H24N4OS/c1-13-21-16(12-24-13)11-22-7-8-23-18-14(4-5-17(18)22)9-20-15-3-2-6-19-10-15/h2-3,6,10,12,14,17-18,20H,4-5,7-9,11H2,1H3/t14-,17-,18+/m0/s1. The zero-order valence-electron chi connectivity index (χ0n) is 14.0. The lowest BCUT2D eigenvalue weighted by atomic mass is 10.0. The van der Waals surface area contributed by atoms with Crippen molar-refractivity contribution in [3.05, 3.63) is 40.6 Å². The highest BCUT2D eigenvalue weighted by atomic mass is 32.1. The molecule has 1 saturated heterocycles. The van der Waals surface area contributed by atoms with Gasteiger partial charge in [-0.3, -0.25) is 9.88 Å². The van der Waals surface area contributed by atoms with Gasteiger partial charge in [0, 0.05) is 49.4 Å². The van der Waals surface area contributed by atoms with Gasteiger partial charge >= 0.3 is 0 Å². The van der Waals surface area contributed by atoms with Crippen molar-refractivity contribution < 1.29 is 4.74 Å². The summed E-state index contributed by atoms with van der Waals surface area (Å²) in [5.74, 6) is 0.565. The molecule has 1 aliphatic heterocycles. The Morgan fingerprint density at radius 2 is 2.38 bits per heavy atom. The van der Waals surface area contributed by atoms with Crippen molar-refractivity contribution in [2.75, 3.05) is 25.0 Å². The third-order valence-electron chi connectivity index (χ3n) is 5.10. The van der Waals surface area contributed by atoms with Crippen LogP contribution in [0.2, 0.25) is 0 Å². The van der Waals surface area contributed by atoms with E-state index in [0.717, 1.165) is 36.9 Å². The predicted molar refractivity (Wildman–Crippen MR) is 96.2 cm³/mol. The number of thiazole rings is 1. The van der Waals surface area contributed by atoms with Crippen LogP contribution < -0.4 is 5.32 Å². The molecule has 24 heavy (non-hydrogen) atoms. The molecule has 0 spiro atoms. The predicted octanol–water partition coefficient (Wildman–Crippen LogP) is 2.94. The normalized spacial score (nSPS) is 27.1. The summed E-state index contributed by atoms with van der Waals surface area (Å²) >= 11 is 1.74. The van der Waals surface area contributed by atoms with Crippen LogP contribution >= 0.6 is 11.3 Å². The van der Waals surface area contributed by atoms with E-state index in [0.29, 0.717) is 18.1 Å². The maximum Gasteiger partial charge on any atom is 0.0897 e. The molecule has 1 N–H and O–H groups in total. The molecular formula is C18H24N4OS. The van der Waals surface area contributed by atoms with Crippen molar-refractivity contribution in [3.8, 4) is 0 Å². The fourth-order valence-electron chi connectivity index (χ4n) is 3.96. The molecule has 1 aliphatic carbocycles. The summed E-state index contributed by atoms with van der Waals surface area (Å²) in [4.78, 5) is 11.4. The lowest BCUT2D eigenvalue weighted by Crippen LogP contribution is -2.50. The molecule has 0 amide bonds. The highest BCUT2D eigenvalue weighted by Gasteiger charge is 2.42. The zero-order valence-corrected chi connectivity index (χ0v) is 14.8. The fraction of sp³-hybridized carbons (Fsp3) is 0.556. The fourth-order valence-corrected chi connectivity index (χ4v) is 4.56. The Morgan fingerprint density at radius 3 is 3.17 bits per heavy atom. The Kier molecular flexibility index (Phi) is 4.78. The van der Waals surface area contributed by atoms with Crippen molar-refractivity contribution in [2.24, 2.45) is 5.92 Å². The first kappa shape index (κ1) is 16.0. The summed E-state index contributed by atoms with van der Waals surface area (Å²) in [6.07, 6.45) is 6.45. The minimum Gasteiger partial charge on any atom is -0.383 e. The second-order valence-electron chi connectivity index (χ2n) is 6.69. The average molecular weight is 344 g/mol. The summed E-state index contributed by atoms with van der Waals surface area (Å²) < 4.78 is 6.16. The smallest absolute Gasteiger partial charge is 0.0897 e. The molecule has 6 heteroatoms. The van der Waals surface area contributed by atoms with E-state index in [4.69, 9.17) is 4.74 Å². The lowest BCUT2D eigenvalue weighted by molar-refractivity contribution is -0.0747. The summed E-state index contributed by atoms with van der Waals surface area (Å²) in [7, 11) is 0. The molecule has 0 radical (unpaired) electrons. The van der Waals surface area contributed by atoms with Crippen LogP contribution in [0.25, 0.3) is 0 Å². The van der Waals surface area contributed by atoms with Crippen LogP contribution in [-0.2, 0) is 11.3 Å². The maximum atomic E-state index is 6.16. The number of aryl methyl sites for hydroxylation is 1. The van der Waals surface area contributed by atoms with Crippen LogP contribution in [-0.4, -0.2) is 46.7 Å². The third-order valence-corrected chi connectivity index (χ3v) is 5.92. The summed E-state index contributed by atoms with van der Waals surface area (Å²) in [6, 6.07) is 4.56. The van der Waals surface area contributed by atoms with Crippen LogP contribution in [0.3, 0.4) is 0 Å². The number of hydrogen-bond donors (Lipinski definition) is 1. The number of pyridine rings is 1. The van der Waals surface area contributed by atoms with E-state index in [9.17, 15) is 0 Å². The third kappa shape index (κ3) is 3.45. The average Bonchev–Trinajstić information content (AvgIpc) is 3.21. The molecule has 2 aromatic rings. The van der Waals surface area contributed by atoms with Crippen LogP contribution in [0.4, 0.5) is 5.69 Å². The van der Waals surface area contributed by atoms with Crippen molar-refractivity contribution in [3.63, 3.8) is 0 Å². The minimum absolute atomic E-state index is 0.336. The summed E-state index contributed by atoms with van der Waals surface area (Å²) in [5, 5.41) is 6.86. The van der Waals surface area contributed by atoms with Gasteiger partial charge in [0.2, 0.25) is 0 Å². The molecule has 128 valence electrons. The number of fused-ring (bicyclic) bond motifs is 1. The molecule has 0 aromatic carbocycles. The van der Waals surface area contributed by atoms with Gasteiger partial charge in [0.05, 0.1) is 29.1 Å². The van der Waals surface area contributed by atoms with Gasteiger partial charge in [0.1, 0.15) is 0 Å². The lowest BCUT2D eigenvalue weighted by Gasteiger charge is -2.39. The van der Waals surface area contributed by atoms with Crippen LogP contribution in [0, 0.1) is 12.8 Å². The molecule has 1 saturated carbocycles. The quantitative estimate of drug-likeness (QED) is 0.904. The molecule has 0 bridgehead atoms. The number of morpholine rings is 1. The van der Waals surface area contributed by atoms with Gasteiger partial charge < -0.3 is 10.1 Å².